The first-order valence-corrected chi connectivity index (χ1v) is 8.60. The Morgan fingerprint density at radius 1 is 1.32 bits per heavy atom. The van der Waals surface area contributed by atoms with Gasteiger partial charge >= 0.3 is 6.18 Å². The van der Waals surface area contributed by atoms with Crippen LogP contribution >= 0.6 is 0 Å². The number of aromatic nitrogens is 3. The Bertz CT molecular complexity index is 815. The highest BCUT2D eigenvalue weighted by Crippen LogP contribution is 2.24. The van der Waals surface area contributed by atoms with E-state index in [4.69, 9.17) is 4.52 Å². The summed E-state index contributed by atoms with van der Waals surface area (Å²) >= 11 is 0. The van der Waals surface area contributed by atoms with Crippen LogP contribution in [-0.2, 0) is 17.8 Å². The number of hydrogen-bond donors (Lipinski definition) is 0. The predicted octanol–water partition coefficient (Wildman–Crippen LogP) is 2.43. The van der Waals surface area contributed by atoms with Crippen molar-refractivity contribution in [2.75, 3.05) is 25.5 Å². The molecule has 11 heteroatoms. The molecule has 2 amide bonds. The molecule has 0 aliphatic heterocycles. The molecule has 0 radical (unpaired) electrons. The summed E-state index contributed by atoms with van der Waals surface area (Å²) in [4.78, 5) is 26.1. The second-order valence-electron chi connectivity index (χ2n) is 6.49. The molecule has 2 heterocycles. The largest absolute Gasteiger partial charge is 0.408 e. The van der Waals surface area contributed by atoms with Crippen LogP contribution in [0.15, 0.2) is 16.8 Å². The van der Waals surface area contributed by atoms with E-state index >= 15 is 0 Å². The number of hydrogen-bond acceptors (Lipinski definition) is 5. The van der Waals surface area contributed by atoms with Gasteiger partial charge in [0.2, 0.25) is 6.41 Å². The van der Waals surface area contributed by atoms with Crippen molar-refractivity contribution >= 4 is 18.0 Å². The molecule has 0 unspecified atom stereocenters. The van der Waals surface area contributed by atoms with Gasteiger partial charge in [-0.2, -0.15) is 18.3 Å². The Balaban J connectivity index is 2.05. The van der Waals surface area contributed by atoms with Gasteiger partial charge in [0.1, 0.15) is 12.3 Å². The average Bonchev–Trinajstić information content (AvgIpc) is 3.21. The van der Waals surface area contributed by atoms with Crippen LogP contribution in [0.2, 0.25) is 0 Å². The molecule has 2 aromatic rings. The molecule has 28 heavy (non-hydrogen) atoms. The molecule has 0 saturated carbocycles. The molecule has 0 bridgehead atoms. The van der Waals surface area contributed by atoms with Crippen LogP contribution < -0.4 is 4.90 Å². The summed E-state index contributed by atoms with van der Waals surface area (Å²) in [5, 5.41) is 7.43. The molecule has 0 aliphatic carbocycles. The minimum absolute atomic E-state index is 0.0215. The number of alkyl halides is 3. The van der Waals surface area contributed by atoms with E-state index in [1.807, 2.05) is 13.0 Å². The molecular formula is C17H22F3N5O3. The number of anilines is 1. The van der Waals surface area contributed by atoms with Crippen LogP contribution in [0.1, 0.15) is 34.8 Å². The third-order valence-corrected chi connectivity index (χ3v) is 4.08. The zero-order chi connectivity index (χ0) is 20.9. The quantitative estimate of drug-likeness (QED) is 0.476. The molecule has 0 aromatic carbocycles. The van der Waals surface area contributed by atoms with Crippen molar-refractivity contribution in [1.82, 2.24) is 19.8 Å². The summed E-state index contributed by atoms with van der Waals surface area (Å²) in [6, 6.07) is 1.83. The molecule has 0 saturated heterocycles. The second-order valence-corrected chi connectivity index (χ2v) is 6.49. The summed E-state index contributed by atoms with van der Waals surface area (Å²) in [6.07, 6.45) is -1.08. The maximum absolute atomic E-state index is 12.8. The summed E-state index contributed by atoms with van der Waals surface area (Å²) in [7, 11) is 2.84. The lowest BCUT2D eigenvalue weighted by atomic mass is 10.2. The fraction of sp³-hybridized carbons (Fsp3) is 0.529. The Kier molecular flexibility index (Phi) is 6.81. The van der Waals surface area contributed by atoms with E-state index in [2.05, 4.69) is 10.3 Å². The number of carbonyl (C=O) groups is 2. The van der Waals surface area contributed by atoms with E-state index in [1.54, 1.807) is 0 Å². The van der Waals surface area contributed by atoms with Crippen molar-refractivity contribution in [3.63, 3.8) is 0 Å². The predicted molar refractivity (Wildman–Crippen MR) is 93.9 cm³/mol. The third-order valence-electron chi connectivity index (χ3n) is 4.08. The molecule has 0 N–H and O–H groups in total. The number of aryl methyl sites for hydroxylation is 2. The van der Waals surface area contributed by atoms with Crippen molar-refractivity contribution < 1.29 is 27.3 Å². The minimum Gasteiger partial charge on any atom is -0.361 e. The van der Waals surface area contributed by atoms with E-state index in [-0.39, 0.29) is 11.4 Å². The van der Waals surface area contributed by atoms with Crippen LogP contribution in [0.3, 0.4) is 0 Å². The Morgan fingerprint density at radius 3 is 2.61 bits per heavy atom. The maximum atomic E-state index is 12.8. The topological polar surface area (TPSA) is 84.5 Å². The van der Waals surface area contributed by atoms with Gasteiger partial charge in [-0.05, 0) is 19.8 Å². The molecule has 2 aromatic heterocycles. The highest BCUT2D eigenvalue weighted by Gasteiger charge is 2.33. The van der Waals surface area contributed by atoms with Gasteiger partial charge in [-0.15, -0.1) is 0 Å². The lowest BCUT2D eigenvalue weighted by molar-refractivity contribution is -0.142. The van der Waals surface area contributed by atoms with Gasteiger partial charge in [-0.1, -0.05) is 5.16 Å². The first-order valence-electron chi connectivity index (χ1n) is 8.60. The van der Waals surface area contributed by atoms with Gasteiger partial charge < -0.3 is 14.3 Å². The van der Waals surface area contributed by atoms with Crippen molar-refractivity contribution in [3.8, 4) is 0 Å². The van der Waals surface area contributed by atoms with Gasteiger partial charge in [0.25, 0.3) is 5.91 Å². The van der Waals surface area contributed by atoms with E-state index in [1.165, 1.54) is 19.0 Å². The van der Waals surface area contributed by atoms with Crippen LogP contribution in [0.4, 0.5) is 18.9 Å². The number of carbonyl (C=O) groups excluding carboxylic acids is 2. The summed E-state index contributed by atoms with van der Waals surface area (Å²) < 4.78 is 44.1. The summed E-state index contributed by atoms with van der Waals surface area (Å²) in [5.74, 6) is 0.102. The molecule has 0 fully saturated rings. The molecule has 8 nitrogen and oxygen atoms in total. The maximum Gasteiger partial charge on any atom is 0.408 e. The minimum atomic E-state index is -4.55. The van der Waals surface area contributed by atoms with E-state index in [0.717, 1.165) is 29.0 Å². The van der Waals surface area contributed by atoms with Crippen molar-refractivity contribution in [1.29, 1.82) is 0 Å². The summed E-state index contributed by atoms with van der Waals surface area (Å²) in [5.41, 5.74) is 0.528. The van der Waals surface area contributed by atoms with Crippen molar-refractivity contribution in [2.24, 2.45) is 0 Å². The monoisotopic (exact) mass is 401 g/mol. The van der Waals surface area contributed by atoms with Crippen molar-refractivity contribution in [2.45, 2.75) is 38.9 Å². The van der Waals surface area contributed by atoms with Crippen LogP contribution in [-0.4, -0.2) is 59.0 Å². The Labute approximate surface area is 159 Å². The molecule has 0 atom stereocenters. The third kappa shape index (κ3) is 5.57. The van der Waals surface area contributed by atoms with E-state index in [9.17, 15) is 22.8 Å². The normalized spacial score (nSPS) is 11.5. The number of unbranched alkanes of at least 4 members (excludes halogenated alkanes) is 1. The smallest absolute Gasteiger partial charge is 0.361 e. The second kappa shape index (κ2) is 8.89. The van der Waals surface area contributed by atoms with Gasteiger partial charge in [-0.25, -0.2) is 4.68 Å². The van der Waals surface area contributed by atoms with E-state index < -0.39 is 18.6 Å². The average molecular weight is 401 g/mol. The fourth-order valence-corrected chi connectivity index (χ4v) is 2.66. The first kappa shape index (κ1) is 21.5. The molecule has 154 valence electrons. The van der Waals surface area contributed by atoms with E-state index in [0.29, 0.717) is 30.5 Å². The SMILES string of the molecule is Cc1cc(CCCCN(C)C(=O)c2c(N(C)C=O)cnn2CC(F)(F)F)on1. The van der Waals surface area contributed by atoms with Gasteiger partial charge in [0.05, 0.1) is 17.6 Å². The zero-order valence-electron chi connectivity index (χ0n) is 15.9. The molecular weight excluding hydrogens is 379 g/mol. The first-order chi connectivity index (χ1) is 13.1. The standard InChI is InChI=1S/C17H22F3N5O3/c1-12-8-13(28-22-12)6-4-5-7-23(2)16(27)15-14(24(3)11-26)9-21-25(15)10-17(18,19)20/h8-9,11H,4-7,10H2,1-3H3. The lowest BCUT2D eigenvalue weighted by Gasteiger charge is -2.20. The fourth-order valence-electron chi connectivity index (χ4n) is 2.66. The lowest BCUT2D eigenvalue weighted by Crippen LogP contribution is -2.33. The number of rotatable bonds is 9. The van der Waals surface area contributed by atoms with Gasteiger partial charge in [-0.3, -0.25) is 9.59 Å². The van der Waals surface area contributed by atoms with Gasteiger partial charge in [0.15, 0.2) is 5.69 Å². The highest BCUT2D eigenvalue weighted by atomic mass is 19.4. The Morgan fingerprint density at radius 2 is 2.04 bits per heavy atom. The Hall–Kier alpha value is -2.85. The highest BCUT2D eigenvalue weighted by molar-refractivity contribution is 5.99. The number of halogens is 3. The van der Waals surface area contributed by atoms with Crippen molar-refractivity contribution in [3.05, 3.63) is 29.4 Å². The molecule has 0 spiro atoms. The molecule has 2 rings (SSSR count). The zero-order valence-corrected chi connectivity index (χ0v) is 15.9. The van der Waals surface area contributed by atoms with Gasteiger partial charge in [0, 0.05) is 33.1 Å². The van der Waals surface area contributed by atoms with Crippen LogP contribution in [0.25, 0.3) is 0 Å². The number of nitrogens with zero attached hydrogens (tertiary/aromatic N) is 5. The van der Waals surface area contributed by atoms with Crippen LogP contribution in [0.5, 0.6) is 0 Å². The summed E-state index contributed by atoms with van der Waals surface area (Å²) in [6.45, 7) is 0.727. The van der Waals surface area contributed by atoms with Crippen LogP contribution in [0, 0.1) is 6.92 Å². The molecule has 0 aliphatic rings. The number of amides is 2.